The van der Waals surface area contributed by atoms with Crippen molar-refractivity contribution in [3.8, 4) is 11.3 Å². The minimum absolute atomic E-state index is 0.0203. The third-order valence-electron chi connectivity index (χ3n) is 5.50. The van der Waals surface area contributed by atoms with Gasteiger partial charge in [-0.15, -0.1) is 0 Å². The highest BCUT2D eigenvalue weighted by atomic mass is 32.2. The summed E-state index contributed by atoms with van der Waals surface area (Å²) < 4.78 is 28.6. The highest BCUT2D eigenvalue weighted by Gasteiger charge is 2.23. The summed E-state index contributed by atoms with van der Waals surface area (Å²) in [5.74, 6) is -0.932. The standard InChI is InChI=1S/C22H24N2O4S/c25-21(26)14-19-18-11-4-5-12-20(18)23-22(19)15-7-6-10-17(13-15)29(27,28)24-16-8-2-1-3-9-16/h4-7,10-13,16,23-24H,1-3,8-9,14H2,(H,25,26). The van der Waals surface area contributed by atoms with E-state index in [-0.39, 0.29) is 17.4 Å². The Bertz CT molecular complexity index is 1140. The zero-order valence-electron chi connectivity index (χ0n) is 16.0. The fourth-order valence-corrected chi connectivity index (χ4v) is 5.46. The maximum Gasteiger partial charge on any atom is 0.307 e. The summed E-state index contributed by atoms with van der Waals surface area (Å²) in [6.07, 6.45) is 4.83. The van der Waals surface area contributed by atoms with Gasteiger partial charge in [0.15, 0.2) is 0 Å². The molecule has 1 saturated carbocycles. The third kappa shape index (κ3) is 4.21. The number of nitrogens with one attached hydrogen (secondary N) is 2. The van der Waals surface area contributed by atoms with E-state index in [0.29, 0.717) is 16.8 Å². The Morgan fingerprint density at radius 3 is 2.59 bits per heavy atom. The van der Waals surface area contributed by atoms with Crippen LogP contribution in [0.4, 0.5) is 0 Å². The lowest BCUT2D eigenvalue weighted by Crippen LogP contribution is -2.36. The second-order valence-corrected chi connectivity index (χ2v) is 9.29. The number of sulfonamides is 1. The van der Waals surface area contributed by atoms with Crippen molar-refractivity contribution in [2.75, 3.05) is 0 Å². The number of rotatable bonds is 6. The van der Waals surface area contributed by atoms with Crippen LogP contribution in [-0.4, -0.2) is 30.5 Å². The molecule has 1 fully saturated rings. The Hall–Kier alpha value is -2.64. The summed E-state index contributed by atoms with van der Waals surface area (Å²) in [6.45, 7) is 0. The molecule has 1 aliphatic carbocycles. The van der Waals surface area contributed by atoms with Crippen molar-refractivity contribution < 1.29 is 18.3 Å². The molecule has 0 saturated heterocycles. The summed E-state index contributed by atoms with van der Waals surface area (Å²) in [5.41, 5.74) is 2.78. The molecule has 0 bridgehead atoms. The average Bonchev–Trinajstić information content (AvgIpc) is 3.07. The second kappa shape index (κ2) is 8.00. The van der Waals surface area contributed by atoms with Gasteiger partial charge in [-0.1, -0.05) is 49.6 Å². The van der Waals surface area contributed by atoms with Crippen LogP contribution in [0.5, 0.6) is 0 Å². The van der Waals surface area contributed by atoms with Crippen LogP contribution in [0.3, 0.4) is 0 Å². The topological polar surface area (TPSA) is 99.3 Å². The maximum absolute atomic E-state index is 12.9. The van der Waals surface area contributed by atoms with Gasteiger partial charge in [0.1, 0.15) is 0 Å². The number of carbonyl (C=O) groups is 1. The fraction of sp³-hybridized carbons (Fsp3) is 0.318. The van der Waals surface area contributed by atoms with E-state index in [0.717, 1.165) is 43.0 Å². The molecule has 7 heteroatoms. The number of carboxylic acid groups (broad SMARTS) is 1. The molecule has 1 heterocycles. The molecule has 0 radical (unpaired) electrons. The summed E-state index contributed by atoms with van der Waals surface area (Å²) >= 11 is 0. The van der Waals surface area contributed by atoms with E-state index < -0.39 is 16.0 Å². The number of aliphatic carboxylic acids is 1. The lowest BCUT2D eigenvalue weighted by Gasteiger charge is -2.22. The van der Waals surface area contributed by atoms with Gasteiger partial charge >= 0.3 is 5.97 Å². The molecule has 0 aliphatic heterocycles. The Kier molecular flexibility index (Phi) is 5.43. The molecule has 1 aromatic heterocycles. The largest absolute Gasteiger partial charge is 0.481 e. The molecule has 0 amide bonds. The van der Waals surface area contributed by atoms with Gasteiger partial charge in [-0.2, -0.15) is 0 Å². The van der Waals surface area contributed by atoms with Gasteiger partial charge in [0.05, 0.1) is 17.0 Å². The van der Waals surface area contributed by atoms with Gasteiger partial charge in [-0.3, -0.25) is 4.79 Å². The van der Waals surface area contributed by atoms with Crippen molar-refractivity contribution in [3.05, 3.63) is 54.1 Å². The van der Waals surface area contributed by atoms with Crippen molar-refractivity contribution in [1.82, 2.24) is 9.71 Å². The molecular formula is C22H24N2O4S. The van der Waals surface area contributed by atoms with Gasteiger partial charge in [0.25, 0.3) is 0 Å². The Labute approximate surface area is 170 Å². The van der Waals surface area contributed by atoms with Gasteiger partial charge in [-0.25, -0.2) is 13.1 Å². The predicted molar refractivity (Wildman–Crippen MR) is 112 cm³/mol. The van der Waals surface area contributed by atoms with E-state index in [2.05, 4.69) is 9.71 Å². The number of hydrogen-bond donors (Lipinski definition) is 3. The Morgan fingerprint density at radius 1 is 1.07 bits per heavy atom. The normalized spacial score (nSPS) is 15.6. The lowest BCUT2D eigenvalue weighted by molar-refractivity contribution is -0.136. The van der Waals surface area contributed by atoms with Crippen molar-refractivity contribution >= 4 is 26.9 Å². The summed E-state index contributed by atoms with van der Waals surface area (Å²) in [4.78, 5) is 14.9. The lowest BCUT2D eigenvalue weighted by atomic mass is 9.96. The first-order valence-corrected chi connectivity index (χ1v) is 11.4. The van der Waals surface area contributed by atoms with E-state index >= 15 is 0 Å². The number of para-hydroxylation sites is 1. The molecule has 3 aromatic rings. The molecule has 152 valence electrons. The smallest absolute Gasteiger partial charge is 0.307 e. The van der Waals surface area contributed by atoms with Crippen LogP contribution in [0.1, 0.15) is 37.7 Å². The van der Waals surface area contributed by atoms with Gasteiger partial charge in [0, 0.05) is 16.9 Å². The first kappa shape index (κ1) is 19.7. The molecule has 4 rings (SSSR count). The van der Waals surface area contributed by atoms with Crippen LogP contribution in [0.15, 0.2) is 53.4 Å². The minimum Gasteiger partial charge on any atom is -0.481 e. The van der Waals surface area contributed by atoms with Gasteiger partial charge in [0.2, 0.25) is 10.0 Å². The molecular weight excluding hydrogens is 388 g/mol. The fourth-order valence-electron chi connectivity index (χ4n) is 4.11. The SMILES string of the molecule is O=C(O)Cc1c(-c2cccc(S(=O)(=O)NC3CCCCC3)c2)[nH]c2ccccc12. The monoisotopic (exact) mass is 412 g/mol. The number of aromatic amines is 1. The molecule has 3 N–H and O–H groups in total. The highest BCUT2D eigenvalue weighted by molar-refractivity contribution is 7.89. The van der Waals surface area contributed by atoms with Crippen molar-refractivity contribution in [2.24, 2.45) is 0 Å². The van der Waals surface area contributed by atoms with Crippen molar-refractivity contribution in [1.29, 1.82) is 0 Å². The van der Waals surface area contributed by atoms with E-state index in [1.807, 2.05) is 24.3 Å². The number of hydrogen-bond acceptors (Lipinski definition) is 3. The minimum atomic E-state index is -3.64. The van der Waals surface area contributed by atoms with E-state index in [4.69, 9.17) is 0 Å². The molecule has 6 nitrogen and oxygen atoms in total. The van der Waals surface area contributed by atoms with Gasteiger partial charge < -0.3 is 10.1 Å². The van der Waals surface area contributed by atoms with Crippen molar-refractivity contribution in [3.63, 3.8) is 0 Å². The molecule has 0 spiro atoms. The van der Waals surface area contributed by atoms with Crippen LogP contribution >= 0.6 is 0 Å². The second-order valence-electron chi connectivity index (χ2n) is 7.58. The molecule has 29 heavy (non-hydrogen) atoms. The summed E-state index contributed by atoms with van der Waals surface area (Å²) in [6, 6.07) is 14.2. The van der Waals surface area contributed by atoms with E-state index in [1.165, 1.54) is 0 Å². The number of carboxylic acids is 1. The molecule has 0 unspecified atom stereocenters. The van der Waals surface area contributed by atoms with Crippen molar-refractivity contribution in [2.45, 2.75) is 49.5 Å². The van der Waals surface area contributed by atoms with Crippen LogP contribution in [-0.2, 0) is 21.2 Å². The van der Waals surface area contributed by atoms with Crippen LogP contribution in [0.25, 0.3) is 22.2 Å². The third-order valence-corrected chi connectivity index (χ3v) is 7.02. The number of benzene rings is 2. The zero-order valence-corrected chi connectivity index (χ0v) is 16.8. The average molecular weight is 413 g/mol. The summed E-state index contributed by atoms with van der Waals surface area (Å²) in [5, 5.41) is 10.2. The van der Waals surface area contributed by atoms with Gasteiger partial charge in [-0.05, 0) is 42.2 Å². The first-order chi connectivity index (χ1) is 13.9. The molecule has 0 atom stereocenters. The summed E-state index contributed by atoms with van der Waals surface area (Å²) in [7, 11) is -3.64. The van der Waals surface area contributed by atoms with E-state index in [1.54, 1.807) is 24.3 Å². The zero-order chi connectivity index (χ0) is 20.4. The first-order valence-electron chi connectivity index (χ1n) is 9.88. The predicted octanol–water partition coefficient (Wildman–Crippen LogP) is 4.07. The molecule has 1 aliphatic rings. The Morgan fingerprint density at radius 2 is 1.83 bits per heavy atom. The number of H-pyrrole nitrogens is 1. The Balaban J connectivity index is 1.73. The molecule has 2 aromatic carbocycles. The quantitative estimate of drug-likeness (QED) is 0.568. The number of aromatic nitrogens is 1. The van der Waals surface area contributed by atoms with Crippen LogP contribution in [0, 0.1) is 0 Å². The highest BCUT2D eigenvalue weighted by Crippen LogP contribution is 2.32. The van der Waals surface area contributed by atoms with Crippen LogP contribution in [0.2, 0.25) is 0 Å². The maximum atomic E-state index is 12.9. The van der Waals surface area contributed by atoms with Crippen LogP contribution < -0.4 is 4.72 Å². The van der Waals surface area contributed by atoms with E-state index in [9.17, 15) is 18.3 Å². The number of fused-ring (bicyclic) bond motifs is 1.